The number of amidine groups is 1. The van der Waals surface area contributed by atoms with Crippen molar-refractivity contribution in [3.63, 3.8) is 0 Å². The monoisotopic (exact) mass is 282 g/mol. The highest BCUT2D eigenvalue weighted by Gasteiger charge is 2.25. The average Bonchev–Trinajstić information content (AvgIpc) is 2.54. The molecule has 108 valence electrons. The van der Waals surface area contributed by atoms with Gasteiger partial charge in [-0.05, 0) is 43.5 Å². The number of rotatable bonds is 2. The van der Waals surface area contributed by atoms with Crippen LogP contribution in [0.25, 0.3) is 0 Å². The molecule has 5 heteroatoms. The molecule has 5 nitrogen and oxygen atoms in total. The average molecular weight is 282 g/mol. The molecule has 2 heterocycles. The zero-order valence-electron chi connectivity index (χ0n) is 11.9. The highest BCUT2D eigenvalue weighted by molar-refractivity contribution is 5.97. The van der Waals surface area contributed by atoms with Gasteiger partial charge in [0.05, 0.1) is 0 Å². The van der Waals surface area contributed by atoms with Crippen LogP contribution in [0, 0.1) is 0 Å². The lowest BCUT2D eigenvalue weighted by atomic mass is 9.96. The largest absolute Gasteiger partial charge is 0.409 e. The van der Waals surface area contributed by atoms with Gasteiger partial charge in [0, 0.05) is 23.5 Å². The number of anilines is 2. The van der Waals surface area contributed by atoms with Crippen LogP contribution in [-0.2, 0) is 6.42 Å². The number of fused-ring (bicyclic) bond motifs is 1. The first kappa shape index (κ1) is 13.4. The van der Waals surface area contributed by atoms with E-state index in [9.17, 15) is 0 Å². The van der Waals surface area contributed by atoms with Gasteiger partial charge in [-0.3, -0.25) is 0 Å². The molecule has 1 aromatic carbocycles. The van der Waals surface area contributed by atoms with Crippen molar-refractivity contribution >= 4 is 17.3 Å². The SMILES string of the molecule is CC1CCc2ccccc2N1c1cc(/C(N)=N/O)ccn1. The second-order valence-corrected chi connectivity index (χ2v) is 5.27. The van der Waals surface area contributed by atoms with Gasteiger partial charge in [-0.1, -0.05) is 23.4 Å². The van der Waals surface area contributed by atoms with E-state index in [4.69, 9.17) is 10.9 Å². The minimum atomic E-state index is 0.0941. The molecule has 21 heavy (non-hydrogen) atoms. The van der Waals surface area contributed by atoms with Crippen molar-refractivity contribution in [3.8, 4) is 0 Å². The van der Waals surface area contributed by atoms with E-state index in [1.54, 1.807) is 12.3 Å². The van der Waals surface area contributed by atoms with Gasteiger partial charge in [-0.25, -0.2) is 4.98 Å². The van der Waals surface area contributed by atoms with Gasteiger partial charge in [0.1, 0.15) is 5.82 Å². The molecule has 0 bridgehead atoms. The molecule has 1 atom stereocenters. The van der Waals surface area contributed by atoms with Crippen LogP contribution in [0.1, 0.15) is 24.5 Å². The Bertz CT molecular complexity index is 683. The summed E-state index contributed by atoms with van der Waals surface area (Å²) in [7, 11) is 0. The van der Waals surface area contributed by atoms with Crippen LogP contribution in [0.2, 0.25) is 0 Å². The lowest BCUT2D eigenvalue weighted by Crippen LogP contribution is -2.34. The van der Waals surface area contributed by atoms with Gasteiger partial charge in [-0.15, -0.1) is 0 Å². The molecule has 0 fully saturated rings. The standard InChI is InChI=1S/C16H18N4O/c1-11-6-7-12-4-2-3-5-14(12)20(11)15-10-13(8-9-18-15)16(17)19-21/h2-5,8-11,21H,6-7H2,1H3,(H2,17,19). The first-order valence-corrected chi connectivity index (χ1v) is 7.02. The van der Waals surface area contributed by atoms with Crippen LogP contribution in [0.4, 0.5) is 11.5 Å². The summed E-state index contributed by atoms with van der Waals surface area (Å²) in [6, 6.07) is 12.3. The number of nitrogens with zero attached hydrogens (tertiary/aromatic N) is 3. The van der Waals surface area contributed by atoms with Crippen LogP contribution < -0.4 is 10.6 Å². The maximum absolute atomic E-state index is 8.83. The molecule has 3 rings (SSSR count). The van der Waals surface area contributed by atoms with E-state index in [0.29, 0.717) is 11.6 Å². The van der Waals surface area contributed by atoms with Crippen LogP contribution >= 0.6 is 0 Å². The van der Waals surface area contributed by atoms with Crippen molar-refractivity contribution in [3.05, 3.63) is 53.7 Å². The van der Waals surface area contributed by atoms with Crippen LogP contribution in [0.15, 0.2) is 47.8 Å². The van der Waals surface area contributed by atoms with Gasteiger partial charge >= 0.3 is 0 Å². The Morgan fingerprint density at radius 2 is 2.19 bits per heavy atom. The van der Waals surface area contributed by atoms with Crippen molar-refractivity contribution in [2.45, 2.75) is 25.8 Å². The van der Waals surface area contributed by atoms with Gasteiger partial charge in [-0.2, -0.15) is 0 Å². The van der Waals surface area contributed by atoms with E-state index in [2.05, 4.69) is 40.2 Å². The van der Waals surface area contributed by atoms with Gasteiger partial charge in [0.25, 0.3) is 0 Å². The highest BCUT2D eigenvalue weighted by Crippen LogP contribution is 2.35. The van der Waals surface area contributed by atoms with Crippen LogP contribution in [0.5, 0.6) is 0 Å². The minimum Gasteiger partial charge on any atom is -0.409 e. The number of para-hydroxylation sites is 1. The summed E-state index contributed by atoms with van der Waals surface area (Å²) in [5.74, 6) is 0.912. The van der Waals surface area contributed by atoms with Crippen molar-refractivity contribution in [1.82, 2.24) is 4.98 Å². The lowest BCUT2D eigenvalue weighted by molar-refractivity contribution is 0.318. The summed E-state index contributed by atoms with van der Waals surface area (Å²) in [5, 5.41) is 11.9. The normalized spacial score (nSPS) is 18.4. The maximum Gasteiger partial charge on any atom is 0.170 e. The fourth-order valence-electron chi connectivity index (χ4n) is 2.80. The molecule has 0 saturated heterocycles. The number of aromatic nitrogens is 1. The fourth-order valence-corrected chi connectivity index (χ4v) is 2.80. The topological polar surface area (TPSA) is 74.7 Å². The Morgan fingerprint density at radius 1 is 1.38 bits per heavy atom. The molecule has 0 spiro atoms. The quantitative estimate of drug-likeness (QED) is 0.384. The van der Waals surface area contributed by atoms with E-state index in [1.807, 2.05) is 12.1 Å². The molecule has 2 aromatic rings. The van der Waals surface area contributed by atoms with Crippen molar-refractivity contribution in [2.24, 2.45) is 10.9 Å². The predicted octanol–water partition coefficient (Wildman–Crippen LogP) is 2.65. The Hall–Kier alpha value is -2.56. The first-order valence-electron chi connectivity index (χ1n) is 7.02. The Balaban J connectivity index is 2.07. The van der Waals surface area contributed by atoms with E-state index >= 15 is 0 Å². The maximum atomic E-state index is 8.83. The van der Waals surface area contributed by atoms with Crippen molar-refractivity contribution in [1.29, 1.82) is 0 Å². The highest BCUT2D eigenvalue weighted by atomic mass is 16.4. The number of hydrogen-bond acceptors (Lipinski definition) is 4. The number of hydrogen-bond donors (Lipinski definition) is 2. The number of benzene rings is 1. The molecule has 0 saturated carbocycles. The van der Waals surface area contributed by atoms with E-state index in [-0.39, 0.29) is 5.84 Å². The molecule has 1 unspecified atom stereocenters. The minimum absolute atomic E-state index is 0.0941. The zero-order chi connectivity index (χ0) is 14.8. The Kier molecular flexibility index (Phi) is 3.48. The number of pyridine rings is 1. The molecule has 0 radical (unpaired) electrons. The summed E-state index contributed by atoms with van der Waals surface area (Å²) in [4.78, 5) is 6.68. The zero-order valence-corrected chi connectivity index (χ0v) is 11.9. The van der Waals surface area contributed by atoms with Gasteiger partial charge in [0.2, 0.25) is 0 Å². The van der Waals surface area contributed by atoms with Crippen LogP contribution in [0.3, 0.4) is 0 Å². The second-order valence-electron chi connectivity index (χ2n) is 5.27. The number of nitrogens with two attached hydrogens (primary N) is 1. The van der Waals surface area contributed by atoms with Crippen molar-refractivity contribution in [2.75, 3.05) is 4.90 Å². The summed E-state index contributed by atoms with van der Waals surface area (Å²) in [6.07, 6.45) is 3.84. The van der Waals surface area contributed by atoms with Gasteiger partial charge in [0.15, 0.2) is 5.84 Å². The smallest absolute Gasteiger partial charge is 0.170 e. The van der Waals surface area contributed by atoms with E-state index < -0.39 is 0 Å². The summed E-state index contributed by atoms with van der Waals surface area (Å²) >= 11 is 0. The molecular weight excluding hydrogens is 264 g/mol. The third-order valence-corrected chi connectivity index (χ3v) is 3.92. The number of aryl methyl sites for hydroxylation is 1. The Morgan fingerprint density at radius 3 is 3.00 bits per heavy atom. The molecule has 3 N–H and O–H groups in total. The summed E-state index contributed by atoms with van der Waals surface area (Å²) < 4.78 is 0. The van der Waals surface area contributed by atoms with E-state index in [0.717, 1.165) is 18.7 Å². The molecule has 1 aliphatic rings. The third-order valence-electron chi connectivity index (χ3n) is 3.92. The molecule has 0 amide bonds. The molecule has 1 aromatic heterocycles. The molecule has 1 aliphatic heterocycles. The molecule has 0 aliphatic carbocycles. The third kappa shape index (κ3) is 2.42. The van der Waals surface area contributed by atoms with Crippen molar-refractivity contribution < 1.29 is 5.21 Å². The predicted molar refractivity (Wildman–Crippen MR) is 83.1 cm³/mol. The first-order chi connectivity index (χ1) is 10.2. The fraction of sp³-hybridized carbons (Fsp3) is 0.250. The summed E-state index contributed by atoms with van der Waals surface area (Å²) in [6.45, 7) is 2.19. The van der Waals surface area contributed by atoms with Crippen LogP contribution in [-0.4, -0.2) is 22.1 Å². The molecular formula is C16H18N4O. The van der Waals surface area contributed by atoms with E-state index in [1.165, 1.54) is 11.3 Å². The second kappa shape index (κ2) is 5.44. The lowest BCUT2D eigenvalue weighted by Gasteiger charge is -2.36. The Labute approximate surface area is 123 Å². The summed E-state index contributed by atoms with van der Waals surface area (Å²) in [5.41, 5.74) is 8.85. The van der Waals surface area contributed by atoms with Gasteiger partial charge < -0.3 is 15.8 Å². The number of oxime groups is 1.